The summed E-state index contributed by atoms with van der Waals surface area (Å²) < 4.78 is 7.73. The third-order valence-corrected chi connectivity index (χ3v) is 2.02. The maximum absolute atomic E-state index is 11.4. The zero-order valence-corrected chi connectivity index (χ0v) is 9.59. The normalized spacial score (nSPS) is 11.2. The molecule has 1 aromatic rings. The van der Waals surface area contributed by atoms with Crippen molar-refractivity contribution in [1.82, 2.24) is 5.32 Å². The molecule has 4 heteroatoms. The molecule has 0 radical (unpaired) electrons. The van der Waals surface area contributed by atoms with E-state index in [2.05, 4.69) is 16.7 Å². The third-order valence-electron chi connectivity index (χ3n) is 2.02. The zero-order valence-electron chi connectivity index (χ0n) is 10.6. The highest BCUT2D eigenvalue weighted by Gasteiger charge is 2.15. The molecule has 0 spiro atoms. The van der Waals surface area contributed by atoms with Gasteiger partial charge in [-0.1, -0.05) is 0 Å². The molecule has 0 saturated heterocycles. The molecule has 0 heterocycles. The van der Waals surface area contributed by atoms with Gasteiger partial charge < -0.3 is 10.6 Å². The maximum Gasteiger partial charge on any atom is 0.251 e. The van der Waals surface area contributed by atoms with Crippen LogP contribution < -0.4 is 10.6 Å². The summed E-state index contributed by atoms with van der Waals surface area (Å²) in [6, 6.07) is 7.01. The average molecular weight is 218 g/mol. The van der Waals surface area contributed by atoms with E-state index < -0.39 is 5.54 Å². The van der Waals surface area contributed by atoms with Crippen LogP contribution in [0.3, 0.4) is 0 Å². The van der Waals surface area contributed by atoms with Gasteiger partial charge in [0.25, 0.3) is 5.91 Å². The first-order valence-corrected chi connectivity index (χ1v) is 4.92. The second-order valence-corrected chi connectivity index (χ2v) is 3.93. The van der Waals surface area contributed by atoms with Crippen LogP contribution in [-0.4, -0.2) is 18.5 Å². The van der Waals surface area contributed by atoms with Crippen molar-refractivity contribution >= 4 is 11.6 Å². The second kappa shape index (κ2) is 4.67. The number of nitrogens with one attached hydrogen (secondary N) is 2. The highest BCUT2D eigenvalue weighted by molar-refractivity contribution is 5.94. The lowest BCUT2D eigenvalue weighted by molar-refractivity contribution is 0.0963. The van der Waals surface area contributed by atoms with Crippen molar-refractivity contribution < 1.29 is 6.17 Å². The standard InChI is InChI=1S/C12H15N3O/c1-12(2,8-13)15-10-6-4-9(5-7-10)11(16)14-3/h4-7,15H,1-3H3,(H,14,16)/i4D. The van der Waals surface area contributed by atoms with Gasteiger partial charge in [-0.05, 0) is 38.1 Å². The number of nitriles is 1. The van der Waals surface area contributed by atoms with Crippen LogP contribution in [0.2, 0.25) is 0 Å². The highest BCUT2D eigenvalue weighted by Crippen LogP contribution is 2.15. The number of hydrogen-bond donors (Lipinski definition) is 2. The van der Waals surface area contributed by atoms with Crippen LogP contribution in [0, 0.1) is 11.3 Å². The topological polar surface area (TPSA) is 64.9 Å². The molecule has 4 nitrogen and oxygen atoms in total. The molecule has 2 N–H and O–H groups in total. The number of rotatable bonds is 3. The van der Waals surface area contributed by atoms with Crippen molar-refractivity contribution in [3.63, 3.8) is 0 Å². The first kappa shape index (κ1) is 10.5. The molecule has 84 valence electrons. The van der Waals surface area contributed by atoms with Gasteiger partial charge >= 0.3 is 0 Å². The van der Waals surface area contributed by atoms with Gasteiger partial charge in [-0.3, -0.25) is 4.79 Å². The number of benzene rings is 1. The summed E-state index contributed by atoms with van der Waals surface area (Å²) in [6.07, 6.45) is 0. The number of anilines is 1. The van der Waals surface area contributed by atoms with Crippen LogP contribution in [0.4, 0.5) is 5.69 Å². The number of carbonyl (C=O) groups excluding carboxylic acids is 1. The molecule has 1 rings (SSSR count). The molecule has 0 aromatic heterocycles. The van der Waals surface area contributed by atoms with E-state index in [1.807, 2.05) is 0 Å². The van der Waals surface area contributed by atoms with Gasteiger partial charge in [0.1, 0.15) is 5.54 Å². The molecular weight excluding hydrogens is 202 g/mol. The Morgan fingerprint density at radius 1 is 1.50 bits per heavy atom. The Labute approximate surface area is 96.7 Å². The Balaban J connectivity index is 2.98. The van der Waals surface area contributed by atoms with Crippen molar-refractivity contribution in [3.8, 4) is 6.07 Å². The molecule has 0 bridgehead atoms. The molecule has 0 aliphatic heterocycles. The first-order valence-electron chi connectivity index (χ1n) is 5.42. The van der Waals surface area contributed by atoms with Crippen LogP contribution in [0.25, 0.3) is 0 Å². The number of nitrogens with zero attached hydrogens (tertiary/aromatic N) is 1. The fourth-order valence-electron chi connectivity index (χ4n) is 1.17. The SMILES string of the molecule is [2H]c1cc(NC(C)(C)C#N)ccc1C(=O)NC. The molecule has 0 saturated carbocycles. The van der Waals surface area contributed by atoms with Gasteiger partial charge in [-0.25, -0.2) is 0 Å². The Bertz CT molecular complexity index is 477. The van der Waals surface area contributed by atoms with E-state index in [9.17, 15) is 4.79 Å². The average Bonchev–Trinajstić information content (AvgIpc) is 2.28. The van der Waals surface area contributed by atoms with Gasteiger partial charge in [0, 0.05) is 18.3 Å². The molecule has 0 unspecified atom stereocenters. The van der Waals surface area contributed by atoms with E-state index in [0.29, 0.717) is 11.3 Å². The predicted octanol–water partition coefficient (Wildman–Crippen LogP) is 1.76. The zero-order chi connectivity index (χ0) is 13.1. The summed E-state index contributed by atoms with van der Waals surface area (Å²) in [5, 5.41) is 14.3. The van der Waals surface area contributed by atoms with Crippen LogP contribution in [0.1, 0.15) is 25.6 Å². The number of amides is 1. The molecule has 16 heavy (non-hydrogen) atoms. The fraction of sp³-hybridized carbons (Fsp3) is 0.333. The van der Waals surface area contributed by atoms with E-state index in [4.69, 9.17) is 6.63 Å². The van der Waals surface area contributed by atoms with Crippen molar-refractivity contribution in [2.75, 3.05) is 12.4 Å². The fourth-order valence-corrected chi connectivity index (χ4v) is 1.17. The number of hydrogen-bond acceptors (Lipinski definition) is 3. The van der Waals surface area contributed by atoms with E-state index in [0.717, 1.165) is 0 Å². The highest BCUT2D eigenvalue weighted by atomic mass is 16.1. The van der Waals surface area contributed by atoms with Crippen molar-refractivity contribution in [2.45, 2.75) is 19.4 Å². The lowest BCUT2D eigenvalue weighted by Crippen LogP contribution is -2.28. The molecular formula is C12H15N3O. The minimum Gasteiger partial charge on any atom is -0.368 e. The molecule has 1 aromatic carbocycles. The summed E-state index contributed by atoms with van der Waals surface area (Å²) in [5.41, 5.74) is 0.253. The molecule has 1 amide bonds. The molecule has 0 fully saturated rings. The van der Waals surface area contributed by atoms with Crippen molar-refractivity contribution in [3.05, 3.63) is 29.8 Å². The molecule has 0 aliphatic carbocycles. The second-order valence-electron chi connectivity index (χ2n) is 3.93. The maximum atomic E-state index is 11.4. The lowest BCUT2D eigenvalue weighted by atomic mass is 10.1. The minimum absolute atomic E-state index is 0.128. The largest absolute Gasteiger partial charge is 0.368 e. The van der Waals surface area contributed by atoms with E-state index in [-0.39, 0.29) is 11.9 Å². The lowest BCUT2D eigenvalue weighted by Gasteiger charge is -2.19. The Morgan fingerprint density at radius 2 is 2.19 bits per heavy atom. The first-order chi connectivity index (χ1) is 7.89. The number of carbonyl (C=O) groups is 1. The quantitative estimate of drug-likeness (QED) is 0.812. The Hall–Kier alpha value is -2.02. The minimum atomic E-state index is -0.707. The van der Waals surface area contributed by atoms with Crippen molar-refractivity contribution in [2.24, 2.45) is 0 Å². The van der Waals surface area contributed by atoms with Crippen LogP contribution >= 0.6 is 0 Å². The summed E-state index contributed by atoms with van der Waals surface area (Å²) in [4.78, 5) is 11.4. The van der Waals surface area contributed by atoms with E-state index >= 15 is 0 Å². The Morgan fingerprint density at radius 3 is 2.69 bits per heavy atom. The van der Waals surface area contributed by atoms with Crippen LogP contribution in [0.5, 0.6) is 0 Å². The third kappa shape index (κ3) is 2.99. The molecule has 0 aliphatic rings. The van der Waals surface area contributed by atoms with Crippen molar-refractivity contribution in [1.29, 1.82) is 5.26 Å². The smallest absolute Gasteiger partial charge is 0.251 e. The summed E-state index contributed by atoms with van der Waals surface area (Å²) in [5.74, 6) is -0.291. The summed E-state index contributed by atoms with van der Waals surface area (Å²) in [7, 11) is 1.52. The van der Waals surface area contributed by atoms with Crippen LogP contribution in [-0.2, 0) is 0 Å². The Kier molecular flexibility index (Phi) is 3.06. The van der Waals surface area contributed by atoms with Gasteiger partial charge in [0.15, 0.2) is 0 Å². The van der Waals surface area contributed by atoms with Gasteiger partial charge in [-0.2, -0.15) is 5.26 Å². The van der Waals surface area contributed by atoms with E-state index in [1.54, 1.807) is 26.0 Å². The summed E-state index contributed by atoms with van der Waals surface area (Å²) >= 11 is 0. The van der Waals surface area contributed by atoms with Gasteiger partial charge in [0.2, 0.25) is 0 Å². The summed E-state index contributed by atoms with van der Waals surface area (Å²) in [6.45, 7) is 3.48. The van der Waals surface area contributed by atoms with E-state index in [1.165, 1.54) is 13.1 Å². The van der Waals surface area contributed by atoms with Gasteiger partial charge in [0.05, 0.1) is 7.44 Å². The molecule has 0 atom stereocenters. The predicted molar refractivity (Wildman–Crippen MR) is 63.1 cm³/mol. The van der Waals surface area contributed by atoms with Gasteiger partial charge in [-0.15, -0.1) is 0 Å². The van der Waals surface area contributed by atoms with Crippen LogP contribution in [0.15, 0.2) is 24.2 Å². The monoisotopic (exact) mass is 218 g/mol.